The molecule has 110 valence electrons. The highest BCUT2D eigenvalue weighted by molar-refractivity contribution is 5.77. The zero-order chi connectivity index (χ0) is 13.6. The van der Waals surface area contributed by atoms with Crippen LogP contribution in [0.1, 0.15) is 57.8 Å². The highest BCUT2D eigenvalue weighted by atomic mass is 16.5. The van der Waals surface area contributed by atoms with Crippen LogP contribution in [0.5, 0.6) is 0 Å². The van der Waals surface area contributed by atoms with Crippen LogP contribution in [0.2, 0.25) is 0 Å². The second-order valence-electron chi connectivity index (χ2n) is 6.03. The first-order valence-corrected chi connectivity index (χ1v) is 7.88. The normalized spacial score (nSPS) is 23.9. The molecule has 1 amide bonds. The largest absolute Gasteiger partial charge is 0.364 e. The van der Waals surface area contributed by atoms with Gasteiger partial charge in [0.1, 0.15) is 6.61 Å². The van der Waals surface area contributed by atoms with E-state index < -0.39 is 0 Å². The molecular formula is C15H28N2O2. The van der Waals surface area contributed by atoms with Crippen LogP contribution in [-0.2, 0) is 9.53 Å². The van der Waals surface area contributed by atoms with Gasteiger partial charge in [-0.2, -0.15) is 0 Å². The number of nitrogens with two attached hydrogens (primary N) is 1. The Hall–Kier alpha value is -0.610. The van der Waals surface area contributed by atoms with Crippen LogP contribution in [0.4, 0.5) is 0 Å². The van der Waals surface area contributed by atoms with Crippen LogP contribution in [0.3, 0.4) is 0 Å². The van der Waals surface area contributed by atoms with E-state index in [9.17, 15) is 4.79 Å². The van der Waals surface area contributed by atoms with Gasteiger partial charge in [0, 0.05) is 19.6 Å². The summed E-state index contributed by atoms with van der Waals surface area (Å²) >= 11 is 0. The molecule has 0 aromatic heterocycles. The molecular weight excluding hydrogens is 240 g/mol. The molecule has 1 saturated carbocycles. The molecule has 2 N–H and O–H groups in total. The molecule has 0 aromatic carbocycles. The summed E-state index contributed by atoms with van der Waals surface area (Å²) in [5.41, 5.74) is 5.69. The molecule has 0 bridgehead atoms. The number of piperidine rings is 1. The third-order valence-corrected chi connectivity index (χ3v) is 4.60. The van der Waals surface area contributed by atoms with Gasteiger partial charge in [0.05, 0.1) is 5.60 Å². The van der Waals surface area contributed by atoms with E-state index in [1.54, 1.807) is 0 Å². The topological polar surface area (TPSA) is 55.6 Å². The fraction of sp³-hybridized carbons (Fsp3) is 0.933. The molecule has 2 rings (SSSR count). The van der Waals surface area contributed by atoms with E-state index in [0.29, 0.717) is 6.54 Å². The van der Waals surface area contributed by atoms with Gasteiger partial charge >= 0.3 is 0 Å². The zero-order valence-electron chi connectivity index (χ0n) is 12.0. The van der Waals surface area contributed by atoms with Crippen molar-refractivity contribution < 1.29 is 9.53 Å². The molecule has 4 heteroatoms. The molecule has 0 radical (unpaired) electrons. The van der Waals surface area contributed by atoms with Crippen LogP contribution in [0.15, 0.2) is 0 Å². The van der Waals surface area contributed by atoms with E-state index in [4.69, 9.17) is 10.5 Å². The van der Waals surface area contributed by atoms with Crippen molar-refractivity contribution in [2.75, 3.05) is 26.2 Å². The molecule has 1 heterocycles. The minimum atomic E-state index is -0.234. The Morgan fingerprint density at radius 3 is 2.16 bits per heavy atom. The van der Waals surface area contributed by atoms with Gasteiger partial charge in [0.15, 0.2) is 0 Å². The van der Waals surface area contributed by atoms with Crippen LogP contribution in [-0.4, -0.2) is 42.6 Å². The van der Waals surface area contributed by atoms with Crippen molar-refractivity contribution in [1.29, 1.82) is 0 Å². The molecule has 2 aliphatic rings. The lowest BCUT2D eigenvalue weighted by atomic mass is 9.94. The third-order valence-electron chi connectivity index (χ3n) is 4.60. The fourth-order valence-corrected chi connectivity index (χ4v) is 3.23. The Kier molecular flexibility index (Phi) is 5.64. The van der Waals surface area contributed by atoms with Crippen molar-refractivity contribution in [1.82, 2.24) is 4.90 Å². The lowest BCUT2D eigenvalue weighted by molar-refractivity contribution is -0.145. The van der Waals surface area contributed by atoms with Crippen molar-refractivity contribution in [2.45, 2.75) is 63.4 Å². The molecule has 1 aliphatic carbocycles. The van der Waals surface area contributed by atoms with Gasteiger partial charge in [0.2, 0.25) is 5.91 Å². The van der Waals surface area contributed by atoms with Gasteiger partial charge in [-0.15, -0.1) is 0 Å². The fourth-order valence-electron chi connectivity index (χ4n) is 3.23. The first kappa shape index (κ1) is 14.8. The third kappa shape index (κ3) is 4.18. The maximum absolute atomic E-state index is 12.1. The maximum atomic E-state index is 12.1. The van der Waals surface area contributed by atoms with Gasteiger partial charge in [-0.3, -0.25) is 4.79 Å². The second kappa shape index (κ2) is 7.25. The van der Waals surface area contributed by atoms with Crippen molar-refractivity contribution in [3.05, 3.63) is 0 Å². The van der Waals surface area contributed by atoms with Crippen molar-refractivity contribution >= 4 is 5.91 Å². The second-order valence-corrected chi connectivity index (χ2v) is 6.03. The molecule has 0 unspecified atom stereocenters. The summed E-state index contributed by atoms with van der Waals surface area (Å²) in [6.45, 7) is 2.56. The smallest absolute Gasteiger partial charge is 0.248 e. The summed E-state index contributed by atoms with van der Waals surface area (Å²) in [5.74, 6) is 0.150. The zero-order valence-corrected chi connectivity index (χ0v) is 12.0. The maximum Gasteiger partial charge on any atom is 0.248 e. The standard InChI is InChI=1S/C15H28N2O2/c16-13-15(8-4-1-2-5-9-15)19-12-14(18)17-10-6-3-7-11-17/h1-13,16H2. The Balaban J connectivity index is 1.82. The van der Waals surface area contributed by atoms with Crippen molar-refractivity contribution in [3.8, 4) is 0 Å². The number of amides is 1. The summed E-state index contributed by atoms with van der Waals surface area (Å²) in [5, 5.41) is 0. The Labute approximate surface area is 116 Å². The highest BCUT2D eigenvalue weighted by Crippen LogP contribution is 2.29. The van der Waals surface area contributed by atoms with E-state index >= 15 is 0 Å². The number of nitrogens with zero attached hydrogens (tertiary/aromatic N) is 1. The van der Waals surface area contributed by atoms with Gasteiger partial charge in [-0.25, -0.2) is 0 Å². The molecule has 1 saturated heterocycles. The molecule has 0 aromatic rings. The van der Waals surface area contributed by atoms with Crippen LogP contribution in [0.25, 0.3) is 0 Å². The quantitative estimate of drug-likeness (QED) is 0.794. The minimum absolute atomic E-state index is 0.150. The van der Waals surface area contributed by atoms with Crippen LogP contribution < -0.4 is 5.73 Å². The summed E-state index contributed by atoms with van der Waals surface area (Å²) < 4.78 is 6.00. The van der Waals surface area contributed by atoms with Crippen LogP contribution in [0, 0.1) is 0 Å². The van der Waals surface area contributed by atoms with E-state index in [1.165, 1.54) is 32.1 Å². The molecule has 1 aliphatic heterocycles. The number of hydrogen-bond donors (Lipinski definition) is 1. The predicted molar refractivity (Wildman–Crippen MR) is 75.9 cm³/mol. The van der Waals surface area contributed by atoms with Crippen LogP contribution >= 0.6 is 0 Å². The highest BCUT2D eigenvalue weighted by Gasteiger charge is 2.31. The number of carbonyl (C=O) groups is 1. The summed E-state index contributed by atoms with van der Waals surface area (Å²) in [4.78, 5) is 14.1. The Morgan fingerprint density at radius 2 is 1.58 bits per heavy atom. The average molecular weight is 268 g/mol. The van der Waals surface area contributed by atoms with E-state index in [1.807, 2.05) is 4.90 Å². The molecule has 0 atom stereocenters. The number of likely N-dealkylation sites (tertiary alicyclic amines) is 1. The summed E-state index contributed by atoms with van der Waals surface area (Å²) in [7, 11) is 0. The number of carbonyl (C=O) groups excluding carboxylic acids is 1. The first-order chi connectivity index (χ1) is 9.26. The average Bonchev–Trinajstić information content (AvgIpc) is 2.72. The Morgan fingerprint density at radius 1 is 1.00 bits per heavy atom. The predicted octanol–water partition coefficient (Wildman–Crippen LogP) is 2.07. The number of ether oxygens (including phenoxy) is 1. The number of hydrogen-bond acceptors (Lipinski definition) is 3. The molecule has 19 heavy (non-hydrogen) atoms. The Bertz CT molecular complexity index is 280. The minimum Gasteiger partial charge on any atom is -0.364 e. The first-order valence-electron chi connectivity index (χ1n) is 7.88. The van der Waals surface area contributed by atoms with Crippen molar-refractivity contribution in [2.24, 2.45) is 5.73 Å². The summed E-state index contributed by atoms with van der Waals surface area (Å²) in [6.07, 6.45) is 10.4. The molecule has 0 spiro atoms. The monoisotopic (exact) mass is 268 g/mol. The lowest BCUT2D eigenvalue weighted by Crippen LogP contribution is -2.45. The summed E-state index contributed by atoms with van der Waals surface area (Å²) in [6, 6.07) is 0. The van der Waals surface area contributed by atoms with Crippen molar-refractivity contribution in [3.63, 3.8) is 0 Å². The van der Waals surface area contributed by atoms with Gasteiger partial charge in [0.25, 0.3) is 0 Å². The number of rotatable bonds is 4. The van der Waals surface area contributed by atoms with Gasteiger partial charge < -0.3 is 15.4 Å². The van der Waals surface area contributed by atoms with E-state index in [2.05, 4.69) is 0 Å². The van der Waals surface area contributed by atoms with E-state index in [-0.39, 0.29) is 18.1 Å². The SMILES string of the molecule is NCC1(OCC(=O)N2CCCCC2)CCCCCC1. The lowest BCUT2D eigenvalue weighted by Gasteiger charge is -2.33. The van der Waals surface area contributed by atoms with E-state index in [0.717, 1.165) is 38.8 Å². The van der Waals surface area contributed by atoms with Gasteiger partial charge in [-0.1, -0.05) is 25.7 Å². The molecule has 2 fully saturated rings. The molecule has 4 nitrogen and oxygen atoms in total. The van der Waals surface area contributed by atoms with Gasteiger partial charge in [-0.05, 0) is 32.1 Å².